The van der Waals surface area contributed by atoms with Gasteiger partial charge in [-0.15, -0.1) is 0 Å². The van der Waals surface area contributed by atoms with Crippen molar-refractivity contribution in [2.45, 2.75) is 32.6 Å². The van der Waals surface area contributed by atoms with Crippen LogP contribution in [0, 0.1) is 5.92 Å². The molecular weight excluding hydrogens is 288 g/mol. The molecule has 0 N–H and O–H groups in total. The SMILES string of the molecule is CC1CCCN(C(=O)CCc2ccc(N3CCOCC3)cc2)C1. The Morgan fingerprint density at radius 2 is 1.91 bits per heavy atom. The topological polar surface area (TPSA) is 32.8 Å². The molecule has 0 saturated carbocycles. The number of nitrogens with zero attached hydrogens (tertiary/aromatic N) is 2. The molecule has 0 aromatic heterocycles. The molecule has 0 radical (unpaired) electrons. The summed E-state index contributed by atoms with van der Waals surface area (Å²) < 4.78 is 5.39. The summed E-state index contributed by atoms with van der Waals surface area (Å²) in [6.07, 6.45) is 3.88. The Balaban J connectivity index is 1.49. The maximum absolute atomic E-state index is 12.3. The molecule has 1 amide bonds. The predicted octanol–water partition coefficient (Wildman–Crippen LogP) is 2.71. The monoisotopic (exact) mass is 316 g/mol. The summed E-state index contributed by atoms with van der Waals surface area (Å²) in [7, 11) is 0. The molecule has 1 unspecified atom stereocenters. The van der Waals surface area contributed by atoms with Gasteiger partial charge < -0.3 is 14.5 Å². The van der Waals surface area contributed by atoms with Crippen LogP contribution in [0.5, 0.6) is 0 Å². The van der Waals surface area contributed by atoms with Gasteiger partial charge in [0.15, 0.2) is 0 Å². The van der Waals surface area contributed by atoms with Crippen LogP contribution >= 0.6 is 0 Å². The van der Waals surface area contributed by atoms with E-state index in [1.165, 1.54) is 17.7 Å². The Morgan fingerprint density at radius 1 is 1.17 bits per heavy atom. The van der Waals surface area contributed by atoms with Gasteiger partial charge >= 0.3 is 0 Å². The van der Waals surface area contributed by atoms with E-state index in [4.69, 9.17) is 4.74 Å². The normalized spacial score (nSPS) is 22.2. The highest BCUT2D eigenvalue weighted by Crippen LogP contribution is 2.19. The predicted molar refractivity (Wildman–Crippen MR) is 92.8 cm³/mol. The van der Waals surface area contributed by atoms with Crippen molar-refractivity contribution < 1.29 is 9.53 Å². The van der Waals surface area contributed by atoms with Gasteiger partial charge in [0, 0.05) is 38.3 Å². The second-order valence-corrected chi connectivity index (χ2v) is 6.85. The summed E-state index contributed by atoms with van der Waals surface area (Å²) in [5.41, 5.74) is 2.51. The first kappa shape index (κ1) is 16.3. The second kappa shape index (κ2) is 7.82. The highest BCUT2D eigenvalue weighted by atomic mass is 16.5. The van der Waals surface area contributed by atoms with Crippen molar-refractivity contribution in [2.24, 2.45) is 5.92 Å². The lowest BCUT2D eigenvalue weighted by atomic mass is 9.99. The Morgan fingerprint density at radius 3 is 2.61 bits per heavy atom. The van der Waals surface area contributed by atoms with Crippen LogP contribution in [0.25, 0.3) is 0 Å². The van der Waals surface area contributed by atoms with E-state index in [1.54, 1.807) is 0 Å². The van der Waals surface area contributed by atoms with E-state index in [2.05, 4.69) is 41.0 Å². The molecule has 1 atom stereocenters. The van der Waals surface area contributed by atoms with Crippen LogP contribution in [0.2, 0.25) is 0 Å². The quantitative estimate of drug-likeness (QED) is 0.856. The lowest BCUT2D eigenvalue weighted by molar-refractivity contribution is -0.132. The number of hydrogen-bond acceptors (Lipinski definition) is 3. The van der Waals surface area contributed by atoms with Crippen LogP contribution < -0.4 is 4.90 Å². The smallest absolute Gasteiger partial charge is 0.222 e. The van der Waals surface area contributed by atoms with Crippen molar-refractivity contribution in [3.8, 4) is 0 Å². The largest absolute Gasteiger partial charge is 0.378 e. The molecule has 23 heavy (non-hydrogen) atoms. The first-order valence-electron chi connectivity index (χ1n) is 8.92. The Kier molecular flexibility index (Phi) is 5.55. The molecule has 4 heteroatoms. The number of ether oxygens (including phenoxy) is 1. The molecule has 1 aromatic carbocycles. The summed E-state index contributed by atoms with van der Waals surface area (Å²) >= 11 is 0. The van der Waals surface area contributed by atoms with Gasteiger partial charge in [-0.1, -0.05) is 19.1 Å². The molecule has 2 saturated heterocycles. The van der Waals surface area contributed by atoms with Crippen molar-refractivity contribution in [1.29, 1.82) is 0 Å². The molecule has 2 fully saturated rings. The first-order chi connectivity index (χ1) is 11.2. The third-order valence-electron chi connectivity index (χ3n) is 4.95. The number of carbonyl (C=O) groups is 1. The van der Waals surface area contributed by atoms with Crippen molar-refractivity contribution >= 4 is 11.6 Å². The van der Waals surface area contributed by atoms with E-state index in [-0.39, 0.29) is 0 Å². The molecule has 0 aliphatic carbocycles. The Hall–Kier alpha value is -1.55. The molecule has 2 aliphatic heterocycles. The van der Waals surface area contributed by atoms with E-state index in [0.717, 1.165) is 52.2 Å². The first-order valence-corrected chi connectivity index (χ1v) is 8.92. The summed E-state index contributed by atoms with van der Waals surface area (Å²) in [5.74, 6) is 0.967. The third-order valence-corrected chi connectivity index (χ3v) is 4.95. The van der Waals surface area contributed by atoms with Crippen molar-refractivity contribution in [1.82, 2.24) is 4.90 Å². The molecule has 2 aliphatic rings. The van der Waals surface area contributed by atoms with Crippen LogP contribution in [0.4, 0.5) is 5.69 Å². The number of aryl methyl sites for hydroxylation is 1. The number of benzene rings is 1. The maximum atomic E-state index is 12.3. The summed E-state index contributed by atoms with van der Waals surface area (Å²) in [6, 6.07) is 8.68. The van der Waals surface area contributed by atoms with Crippen LogP contribution in [0.3, 0.4) is 0 Å². The van der Waals surface area contributed by atoms with E-state index >= 15 is 0 Å². The number of likely N-dealkylation sites (tertiary alicyclic amines) is 1. The molecule has 1 aromatic rings. The Labute approximate surface area is 139 Å². The van der Waals surface area contributed by atoms with E-state index in [9.17, 15) is 4.79 Å². The summed E-state index contributed by atoms with van der Waals surface area (Å²) in [5, 5.41) is 0. The van der Waals surface area contributed by atoms with E-state index < -0.39 is 0 Å². The highest BCUT2D eigenvalue weighted by Gasteiger charge is 2.20. The number of morpholine rings is 1. The molecule has 4 nitrogen and oxygen atoms in total. The van der Waals surface area contributed by atoms with Crippen molar-refractivity contribution in [3.63, 3.8) is 0 Å². The number of rotatable bonds is 4. The van der Waals surface area contributed by atoms with Crippen molar-refractivity contribution in [3.05, 3.63) is 29.8 Å². The lowest BCUT2D eigenvalue weighted by Crippen LogP contribution is -2.39. The van der Waals surface area contributed by atoms with Gasteiger partial charge in [-0.3, -0.25) is 4.79 Å². The molecule has 3 rings (SSSR count). The van der Waals surface area contributed by atoms with Gasteiger partial charge in [-0.05, 0) is 42.9 Å². The third kappa shape index (κ3) is 4.47. The van der Waals surface area contributed by atoms with Gasteiger partial charge in [0.1, 0.15) is 0 Å². The number of hydrogen-bond donors (Lipinski definition) is 0. The Bertz CT molecular complexity index is 509. The van der Waals surface area contributed by atoms with Crippen LogP contribution in [-0.4, -0.2) is 50.2 Å². The van der Waals surface area contributed by atoms with Gasteiger partial charge in [0.2, 0.25) is 5.91 Å². The van der Waals surface area contributed by atoms with Gasteiger partial charge in [0.05, 0.1) is 13.2 Å². The molecule has 126 valence electrons. The zero-order valence-corrected chi connectivity index (χ0v) is 14.2. The van der Waals surface area contributed by atoms with Gasteiger partial charge in [0.25, 0.3) is 0 Å². The van der Waals surface area contributed by atoms with Gasteiger partial charge in [-0.2, -0.15) is 0 Å². The lowest BCUT2D eigenvalue weighted by Gasteiger charge is -2.31. The minimum Gasteiger partial charge on any atom is -0.378 e. The molecule has 0 bridgehead atoms. The van der Waals surface area contributed by atoms with Crippen LogP contribution in [0.15, 0.2) is 24.3 Å². The van der Waals surface area contributed by atoms with Crippen LogP contribution in [-0.2, 0) is 16.0 Å². The summed E-state index contributed by atoms with van der Waals surface area (Å²) in [4.78, 5) is 16.7. The second-order valence-electron chi connectivity index (χ2n) is 6.85. The minimum atomic E-state index is 0.314. The summed E-state index contributed by atoms with van der Waals surface area (Å²) in [6.45, 7) is 7.67. The molecular formula is C19H28N2O2. The van der Waals surface area contributed by atoms with E-state index in [0.29, 0.717) is 18.2 Å². The zero-order chi connectivity index (χ0) is 16.1. The number of piperidine rings is 1. The zero-order valence-electron chi connectivity index (χ0n) is 14.2. The average molecular weight is 316 g/mol. The molecule has 0 spiro atoms. The number of anilines is 1. The maximum Gasteiger partial charge on any atom is 0.222 e. The van der Waals surface area contributed by atoms with E-state index in [1.807, 2.05) is 0 Å². The minimum absolute atomic E-state index is 0.314. The fourth-order valence-corrected chi connectivity index (χ4v) is 3.52. The van der Waals surface area contributed by atoms with Gasteiger partial charge in [-0.25, -0.2) is 0 Å². The number of amides is 1. The average Bonchev–Trinajstić information content (AvgIpc) is 2.61. The standard InChI is InChI=1S/C19H28N2O2/c1-16-3-2-10-21(15-16)19(22)9-6-17-4-7-18(8-5-17)20-11-13-23-14-12-20/h4-5,7-8,16H,2-3,6,9-15H2,1H3. The fourth-order valence-electron chi connectivity index (χ4n) is 3.52. The van der Waals surface area contributed by atoms with Crippen molar-refractivity contribution in [2.75, 3.05) is 44.3 Å². The molecule has 2 heterocycles. The number of carbonyl (C=O) groups excluding carboxylic acids is 1. The van der Waals surface area contributed by atoms with Crippen LogP contribution in [0.1, 0.15) is 31.7 Å². The fraction of sp³-hybridized carbons (Fsp3) is 0.632. The highest BCUT2D eigenvalue weighted by molar-refractivity contribution is 5.76.